The maximum atomic E-state index is 5.21. The molecular formula is C14H12BrN3OS. The number of hydrogen-bond donors (Lipinski definition) is 1. The molecule has 2 aromatic heterocycles. The first-order valence-electron chi connectivity index (χ1n) is 6.11. The zero-order valence-electron chi connectivity index (χ0n) is 10.7. The molecule has 1 aromatic carbocycles. The van der Waals surface area contributed by atoms with E-state index < -0.39 is 0 Å². The van der Waals surface area contributed by atoms with Gasteiger partial charge in [0.05, 0.1) is 9.83 Å². The molecule has 4 nitrogen and oxygen atoms in total. The fourth-order valence-corrected chi connectivity index (χ4v) is 3.35. The Balaban J connectivity index is 1.79. The van der Waals surface area contributed by atoms with Gasteiger partial charge in [0.25, 0.3) is 0 Å². The van der Waals surface area contributed by atoms with Crippen LogP contribution in [0.25, 0.3) is 11.5 Å². The van der Waals surface area contributed by atoms with Crippen molar-refractivity contribution in [2.24, 2.45) is 0 Å². The average Bonchev–Trinajstić information content (AvgIpc) is 3.10. The first-order chi connectivity index (χ1) is 9.72. The molecule has 0 saturated carbocycles. The molecular weight excluding hydrogens is 338 g/mol. The number of aromatic nitrogens is 2. The van der Waals surface area contributed by atoms with Gasteiger partial charge in [0.15, 0.2) is 0 Å². The van der Waals surface area contributed by atoms with Gasteiger partial charge in [0.1, 0.15) is 0 Å². The van der Waals surface area contributed by atoms with E-state index in [1.165, 1.54) is 11.3 Å². The zero-order valence-corrected chi connectivity index (χ0v) is 13.1. The van der Waals surface area contributed by atoms with Crippen molar-refractivity contribution >= 4 is 33.0 Å². The summed E-state index contributed by atoms with van der Waals surface area (Å²) in [6.45, 7) is 2.14. The van der Waals surface area contributed by atoms with Gasteiger partial charge in [0, 0.05) is 16.1 Å². The molecule has 102 valence electrons. The minimum Gasteiger partial charge on any atom is -0.423 e. The molecule has 0 aliphatic rings. The molecule has 0 saturated heterocycles. The van der Waals surface area contributed by atoms with E-state index in [9.17, 15) is 0 Å². The lowest BCUT2D eigenvalue weighted by atomic mass is 10.2. The summed E-state index contributed by atoms with van der Waals surface area (Å²) in [6, 6.07) is 12.4. The van der Waals surface area contributed by atoms with Crippen LogP contribution in [-0.4, -0.2) is 10.2 Å². The SMILES string of the molecule is CC(Nc1cccc(-c2nnco2)c1)c1ccc(Br)s1. The maximum Gasteiger partial charge on any atom is 0.247 e. The number of halogens is 1. The van der Waals surface area contributed by atoms with E-state index in [1.807, 2.05) is 24.3 Å². The van der Waals surface area contributed by atoms with Crippen molar-refractivity contribution in [3.05, 3.63) is 51.5 Å². The molecule has 0 fully saturated rings. The fourth-order valence-electron chi connectivity index (χ4n) is 1.92. The molecule has 0 amide bonds. The highest BCUT2D eigenvalue weighted by molar-refractivity contribution is 9.11. The second kappa shape index (κ2) is 5.76. The lowest BCUT2D eigenvalue weighted by Crippen LogP contribution is -2.04. The van der Waals surface area contributed by atoms with Crippen molar-refractivity contribution in [1.29, 1.82) is 0 Å². The Bertz CT molecular complexity index is 696. The Morgan fingerprint density at radius 2 is 2.20 bits per heavy atom. The van der Waals surface area contributed by atoms with E-state index in [2.05, 4.69) is 50.5 Å². The molecule has 1 N–H and O–H groups in total. The van der Waals surface area contributed by atoms with Crippen molar-refractivity contribution in [3.63, 3.8) is 0 Å². The summed E-state index contributed by atoms with van der Waals surface area (Å²) in [7, 11) is 0. The van der Waals surface area contributed by atoms with E-state index in [-0.39, 0.29) is 6.04 Å². The van der Waals surface area contributed by atoms with Crippen LogP contribution in [0.3, 0.4) is 0 Å². The van der Waals surface area contributed by atoms with Crippen LogP contribution >= 0.6 is 27.3 Å². The summed E-state index contributed by atoms with van der Waals surface area (Å²) >= 11 is 5.22. The fraction of sp³-hybridized carbons (Fsp3) is 0.143. The topological polar surface area (TPSA) is 51.0 Å². The first-order valence-corrected chi connectivity index (χ1v) is 7.72. The van der Waals surface area contributed by atoms with Gasteiger partial charge < -0.3 is 9.73 Å². The third-order valence-corrected chi connectivity index (χ3v) is 4.68. The Labute approximate surface area is 129 Å². The lowest BCUT2D eigenvalue weighted by Gasteiger charge is -2.14. The van der Waals surface area contributed by atoms with Gasteiger partial charge in [-0.2, -0.15) is 0 Å². The highest BCUT2D eigenvalue weighted by Gasteiger charge is 2.09. The van der Waals surface area contributed by atoms with Crippen molar-refractivity contribution in [2.75, 3.05) is 5.32 Å². The van der Waals surface area contributed by atoms with Gasteiger partial charge in [0.2, 0.25) is 12.3 Å². The van der Waals surface area contributed by atoms with Crippen LogP contribution in [0.2, 0.25) is 0 Å². The minimum atomic E-state index is 0.240. The zero-order chi connectivity index (χ0) is 13.9. The molecule has 0 spiro atoms. The number of nitrogens with one attached hydrogen (secondary N) is 1. The number of nitrogens with zero attached hydrogens (tertiary/aromatic N) is 2. The monoisotopic (exact) mass is 349 g/mol. The third-order valence-electron chi connectivity index (χ3n) is 2.87. The van der Waals surface area contributed by atoms with Crippen molar-refractivity contribution < 1.29 is 4.42 Å². The van der Waals surface area contributed by atoms with Gasteiger partial charge in [-0.3, -0.25) is 0 Å². The van der Waals surface area contributed by atoms with Gasteiger partial charge in [-0.25, -0.2) is 0 Å². The Kier molecular flexibility index (Phi) is 3.84. The van der Waals surface area contributed by atoms with Crippen LogP contribution in [0, 0.1) is 0 Å². The normalized spacial score (nSPS) is 12.3. The average molecular weight is 350 g/mol. The standard InChI is InChI=1S/C14H12BrN3OS/c1-9(12-5-6-13(15)20-12)17-11-4-2-3-10(7-11)14-18-16-8-19-14/h2-9,17H,1H3. The summed E-state index contributed by atoms with van der Waals surface area (Å²) in [4.78, 5) is 1.28. The molecule has 0 aliphatic heterocycles. The number of rotatable bonds is 4. The van der Waals surface area contributed by atoms with Crippen LogP contribution in [0.1, 0.15) is 17.8 Å². The maximum absolute atomic E-state index is 5.21. The van der Waals surface area contributed by atoms with Crippen LogP contribution in [-0.2, 0) is 0 Å². The number of hydrogen-bond acceptors (Lipinski definition) is 5. The van der Waals surface area contributed by atoms with Gasteiger partial charge in [-0.05, 0) is 53.2 Å². The number of benzene rings is 1. The highest BCUT2D eigenvalue weighted by Crippen LogP contribution is 2.30. The van der Waals surface area contributed by atoms with Gasteiger partial charge >= 0.3 is 0 Å². The Morgan fingerprint density at radius 1 is 1.30 bits per heavy atom. The smallest absolute Gasteiger partial charge is 0.247 e. The minimum absolute atomic E-state index is 0.240. The molecule has 3 aromatic rings. The summed E-state index contributed by atoms with van der Waals surface area (Å²) in [5, 5.41) is 11.1. The quantitative estimate of drug-likeness (QED) is 0.739. The summed E-state index contributed by atoms with van der Waals surface area (Å²) < 4.78 is 6.35. The van der Waals surface area contributed by atoms with Crippen molar-refractivity contribution in [3.8, 4) is 11.5 Å². The van der Waals surface area contributed by atoms with Crippen LogP contribution in [0.4, 0.5) is 5.69 Å². The molecule has 6 heteroatoms. The van der Waals surface area contributed by atoms with E-state index >= 15 is 0 Å². The molecule has 0 bridgehead atoms. The van der Waals surface area contributed by atoms with E-state index in [0.717, 1.165) is 15.0 Å². The largest absolute Gasteiger partial charge is 0.423 e. The molecule has 3 rings (SSSR count). The summed E-state index contributed by atoms with van der Waals surface area (Å²) in [6.07, 6.45) is 1.33. The second-order valence-electron chi connectivity index (χ2n) is 4.33. The molecule has 0 radical (unpaired) electrons. The molecule has 2 heterocycles. The Morgan fingerprint density at radius 3 is 2.90 bits per heavy atom. The van der Waals surface area contributed by atoms with Crippen molar-refractivity contribution in [2.45, 2.75) is 13.0 Å². The van der Waals surface area contributed by atoms with Crippen LogP contribution in [0.15, 0.2) is 51.0 Å². The predicted octanol–water partition coefficient (Wildman–Crippen LogP) is 4.73. The Hall–Kier alpha value is -1.66. The highest BCUT2D eigenvalue weighted by atomic mass is 79.9. The third kappa shape index (κ3) is 2.91. The molecule has 1 unspecified atom stereocenters. The summed E-state index contributed by atoms with van der Waals surface area (Å²) in [5.74, 6) is 0.528. The van der Waals surface area contributed by atoms with Crippen LogP contribution < -0.4 is 5.32 Å². The molecule has 0 aliphatic carbocycles. The number of anilines is 1. The lowest BCUT2D eigenvalue weighted by molar-refractivity contribution is 0.568. The second-order valence-corrected chi connectivity index (χ2v) is 6.83. The number of thiophene rings is 1. The van der Waals surface area contributed by atoms with Crippen LogP contribution in [0.5, 0.6) is 0 Å². The molecule has 20 heavy (non-hydrogen) atoms. The molecule has 1 atom stereocenters. The van der Waals surface area contributed by atoms with E-state index in [4.69, 9.17) is 4.42 Å². The van der Waals surface area contributed by atoms with Gasteiger partial charge in [-0.1, -0.05) is 6.07 Å². The predicted molar refractivity (Wildman–Crippen MR) is 83.8 cm³/mol. The first kappa shape index (κ1) is 13.3. The van der Waals surface area contributed by atoms with Gasteiger partial charge in [-0.15, -0.1) is 21.5 Å². The van der Waals surface area contributed by atoms with E-state index in [0.29, 0.717) is 5.89 Å². The van der Waals surface area contributed by atoms with Crippen molar-refractivity contribution in [1.82, 2.24) is 10.2 Å². The summed E-state index contributed by atoms with van der Waals surface area (Å²) in [5.41, 5.74) is 1.93. The van der Waals surface area contributed by atoms with E-state index in [1.54, 1.807) is 11.3 Å².